The lowest BCUT2D eigenvalue weighted by molar-refractivity contribution is 0.582. The van der Waals surface area contributed by atoms with Gasteiger partial charge in [0.05, 0.1) is 5.75 Å². The Morgan fingerprint density at radius 1 is 1.60 bits per heavy atom. The highest BCUT2D eigenvalue weighted by Crippen LogP contribution is 1.91. The molecule has 0 aromatic carbocycles. The van der Waals surface area contributed by atoms with Crippen LogP contribution in [0.15, 0.2) is 6.33 Å². The molecule has 0 spiro atoms. The van der Waals surface area contributed by atoms with E-state index in [-0.39, 0.29) is 11.6 Å². The molecule has 0 fully saturated rings. The molecule has 1 rings (SSSR count). The fourth-order valence-electron chi connectivity index (χ4n) is 0.991. The van der Waals surface area contributed by atoms with E-state index in [4.69, 9.17) is 11.6 Å². The number of nitrogens with zero attached hydrogens (tertiary/aromatic N) is 3. The highest BCUT2D eigenvalue weighted by molar-refractivity contribution is 7.89. The average Bonchev–Trinajstić information content (AvgIpc) is 2.51. The third-order valence-electron chi connectivity index (χ3n) is 1.66. The molecule has 1 aromatic rings. The summed E-state index contributed by atoms with van der Waals surface area (Å²) in [7, 11) is -1.48. The molecule has 0 saturated carbocycles. The number of rotatable bonds is 6. The third kappa shape index (κ3) is 4.59. The van der Waals surface area contributed by atoms with Crippen LogP contribution in [0, 0.1) is 0 Å². The van der Waals surface area contributed by atoms with Gasteiger partial charge in [-0.25, -0.2) is 18.1 Å². The van der Waals surface area contributed by atoms with Crippen molar-refractivity contribution in [2.24, 2.45) is 7.05 Å². The van der Waals surface area contributed by atoms with Gasteiger partial charge in [-0.05, 0) is 0 Å². The van der Waals surface area contributed by atoms with Crippen molar-refractivity contribution in [3.63, 3.8) is 0 Å². The largest absolute Gasteiger partial charge is 0.256 e. The van der Waals surface area contributed by atoms with E-state index < -0.39 is 10.0 Å². The lowest BCUT2D eigenvalue weighted by atomic mass is 10.4. The van der Waals surface area contributed by atoms with Crippen LogP contribution >= 0.6 is 11.6 Å². The maximum absolute atomic E-state index is 11.2. The van der Waals surface area contributed by atoms with E-state index in [0.717, 1.165) is 0 Å². The molecule has 15 heavy (non-hydrogen) atoms. The molecule has 0 radical (unpaired) electrons. The molecule has 0 aliphatic rings. The number of aromatic nitrogens is 3. The number of nitrogens with one attached hydrogen (secondary N) is 1. The highest BCUT2D eigenvalue weighted by Gasteiger charge is 2.08. The first kappa shape index (κ1) is 12.4. The van der Waals surface area contributed by atoms with Crippen LogP contribution in [0.4, 0.5) is 0 Å². The van der Waals surface area contributed by atoms with Crippen LogP contribution in [0.3, 0.4) is 0 Å². The van der Waals surface area contributed by atoms with Gasteiger partial charge in [0.1, 0.15) is 6.33 Å². The molecular formula is C7H13ClN4O2S. The second kappa shape index (κ2) is 5.43. The van der Waals surface area contributed by atoms with Gasteiger partial charge in [-0.15, -0.1) is 11.6 Å². The number of halogens is 1. The summed E-state index contributed by atoms with van der Waals surface area (Å²) in [6.45, 7) is 0.295. The number of alkyl halides is 1. The zero-order chi connectivity index (χ0) is 11.3. The molecule has 0 aliphatic heterocycles. The molecule has 1 N–H and O–H groups in total. The number of sulfonamides is 1. The average molecular weight is 253 g/mol. The maximum Gasteiger partial charge on any atom is 0.212 e. The molecule has 0 atom stereocenters. The highest BCUT2D eigenvalue weighted by atomic mass is 35.5. The summed E-state index contributed by atoms with van der Waals surface area (Å²) in [5.74, 6) is 0.646. The molecule has 0 aliphatic carbocycles. The van der Waals surface area contributed by atoms with Crippen LogP contribution in [0.2, 0.25) is 0 Å². The van der Waals surface area contributed by atoms with Crippen molar-refractivity contribution in [2.45, 2.75) is 6.42 Å². The number of hydrogen-bond donors (Lipinski definition) is 1. The van der Waals surface area contributed by atoms with Crippen LogP contribution in [0.25, 0.3) is 0 Å². The summed E-state index contributed by atoms with van der Waals surface area (Å²) < 4.78 is 26.4. The Bertz CT molecular complexity index is 403. The molecule has 0 amide bonds. The predicted molar refractivity (Wildman–Crippen MR) is 57.2 cm³/mol. The minimum atomic E-state index is -3.24. The summed E-state index contributed by atoms with van der Waals surface area (Å²) in [6, 6.07) is 0. The van der Waals surface area contributed by atoms with Gasteiger partial charge in [0, 0.05) is 25.9 Å². The summed E-state index contributed by atoms with van der Waals surface area (Å²) in [6.07, 6.45) is 2.05. The van der Waals surface area contributed by atoms with Crippen LogP contribution < -0.4 is 4.72 Å². The van der Waals surface area contributed by atoms with Gasteiger partial charge in [-0.2, -0.15) is 5.10 Å². The van der Waals surface area contributed by atoms with E-state index in [1.54, 1.807) is 18.1 Å². The lowest BCUT2D eigenvalue weighted by Gasteiger charge is -2.02. The number of hydrogen-bond acceptors (Lipinski definition) is 4. The van der Waals surface area contributed by atoms with Gasteiger partial charge >= 0.3 is 0 Å². The minimum Gasteiger partial charge on any atom is -0.256 e. The zero-order valence-electron chi connectivity index (χ0n) is 8.35. The first-order valence-electron chi connectivity index (χ1n) is 4.41. The molecular weight excluding hydrogens is 240 g/mol. The lowest BCUT2D eigenvalue weighted by Crippen LogP contribution is -2.29. The maximum atomic E-state index is 11.2. The smallest absolute Gasteiger partial charge is 0.212 e. The van der Waals surface area contributed by atoms with E-state index in [0.29, 0.717) is 18.8 Å². The van der Waals surface area contributed by atoms with E-state index in [9.17, 15) is 8.42 Å². The van der Waals surface area contributed by atoms with Gasteiger partial charge in [0.25, 0.3) is 0 Å². The molecule has 0 unspecified atom stereocenters. The Balaban J connectivity index is 2.33. The monoisotopic (exact) mass is 252 g/mol. The molecule has 8 heteroatoms. The number of aryl methyl sites for hydroxylation is 1. The molecule has 6 nitrogen and oxygen atoms in total. The normalized spacial score (nSPS) is 11.9. The second-order valence-corrected chi connectivity index (χ2v) is 5.29. The quantitative estimate of drug-likeness (QED) is 0.694. The Morgan fingerprint density at radius 3 is 2.87 bits per heavy atom. The van der Waals surface area contributed by atoms with Crippen LogP contribution in [-0.2, 0) is 23.5 Å². The fraction of sp³-hybridized carbons (Fsp3) is 0.714. The first-order chi connectivity index (χ1) is 7.03. The van der Waals surface area contributed by atoms with E-state index >= 15 is 0 Å². The molecule has 86 valence electrons. The molecule has 0 bridgehead atoms. The van der Waals surface area contributed by atoms with Crippen molar-refractivity contribution in [3.05, 3.63) is 12.2 Å². The van der Waals surface area contributed by atoms with Crippen molar-refractivity contribution in [2.75, 3.05) is 18.2 Å². The third-order valence-corrected chi connectivity index (χ3v) is 3.46. The van der Waals surface area contributed by atoms with Gasteiger partial charge in [0.2, 0.25) is 10.0 Å². The van der Waals surface area contributed by atoms with E-state index in [1.807, 2.05) is 0 Å². The Hall–Kier alpha value is -0.660. The fourth-order valence-corrected chi connectivity index (χ4v) is 2.36. The van der Waals surface area contributed by atoms with Gasteiger partial charge in [-0.1, -0.05) is 0 Å². The van der Waals surface area contributed by atoms with Crippen molar-refractivity contribution < 1.29 is 8.42 Å². The Morgan fingerprint density at radius 2 is 2.33 bits per heavy atom. The summed E-state index contributed by atoms with van der Waals surface area (Å²) in [5.41, 5.74) is 0. The minimum absolute atomic E-state index is 0.0653. The predicted octanol–water partition coefficient (Wildman–Crippen LogP) is -0.484. The standard InChI is InChI=1S/C7H13ClN4O2S/c1-12-6-9-7(11-12)2-4-10-15(13,14)5-3-8/h6,10H,2-5H2,1H3. The summed E-state index contributed by atoms with van der Waals surface area (Å²) >= 11 is 5.34. The SMILES string of the molecule is Cn1cnc(CCNS(=O)(=O)CCCl)n1. The van der Waals surface area contributed by atoms with Crippen LogP contribution in [0.5, 0.6) is 0 Å². The summed E-state index contributed by atoms with van der Waals surface area (Å²) in [4.78, 5) is 3.97. The zero-order valence-corrected chi connectivity index (χ0v) is 9.92. The van der Waals surface area contributed by atoms with Crippen LogP contribution in [-0.4, -0.2) is 41.4 Å². The van der Waals surface area contributed by atoms with Gasteiger partial charge in [0.15, 0.2) is 5.82 Å². The van der Waals surface area contributed by atoms with Crippen molar-refractivity contribution in [1.29, 1.82) is 0 Å². The Labute approximate surface area is 93.7 Å². The van der Waals surface area contributed by atoms with E-state index in [2.05, 4.69) is 14.8 Å². The van der Waals surface area contributed by atoms with E-state index in [1.165, 1.54) is 0 Å². The van der Waals surface area contributed by atoms with Crippen molar-refractivity contribution in [1.82, 2.24) is 19.5 Å². The summed E-state index contributed by atoms with van der Waals surface area (Å²) in [5, 5.41) is 4.02. The topological polar surface area (TPSA) is 76.9 Å². The molecule has 1 heterocycles. The van der Waals surface area contributed by atoms with Crippen LogP contribution in [0.1, 0.15) is 5.82 Å². The van der Waals surface area contributed by atoms with Crippen molar-refractivity contribution >= 4 is 21.6 Å². The first-order valence-corrected chi connectivity index (χ1v) is 6.60. The van der Waals surface area contributed by atoms with Gasteiger partial charge in [-0.3, -0.25) is 4.68 Å². The second-order valence-electron chi connectivity index (χ2n) is 2.99. The molecule has 1 aromatic heterocycles. The van der Waals surface area contributed by atoms with Gasteiger partial charge < -0.3 is 0 Å². The molecule has 0 saturated heterocycles. The Kier molecular flexibility index (Phi) is 4.49. The van der Waals surface area contributed by atoms with Crippen molar-refractivity contribution in [3.8, 4) is 0 Å².